The molecule has 3 N–H and O–H groups in total. The van der Waals surface area contributed by atoms with Crippen molar-refractivity contribution in [2.75, 3.05) is 5.73 Å². The molecule has 3 nitrogen and oxygen atoms in total. The predicted octanol–water partition coefficient (Wildman–Crippen LogP) is 1.88. The maximum Gasteiger partial charge on any atom is 0.119 e. The highest BCUT2D eigenvalue weighted by Gasteiger charge is 2.03. The van der Waals surface area contributed by atoms with E-state index >= 15 is 0 Å². The van der Waals surface area contributed by atoms with Crippen LogP contribution in [0.25, 0.3) is 11.3 Å². The van der Waals surface area contributed by atoms with E-state index in [2.05, 4.69) is 4.98 Å². The summed E-state index contributed by atoms with van der Waals surface area (Å²) in [5.41, 5.74) is 8.24. The van der Waals surface area contributed by atoms with E-state index in [9.17, 15) is 0 Å². The van der Waals surface area contributed by atoms with Gasteiger partial charge < -0.3 is 10.8 Å². The van der Waals surface area contributed by atoms with E-state index in [1.807, 2.05) is 29.6 Å². The maximum atomic E-state index is 8.88. The van der Waals surface area contributed by atoms with Gasteiger partial charge in [0.1, 0.15) is 5.01 Å². The molecule has 0 bridgehead atoms. The third kappa shape index (κ3) is 1.76. The summed E-state index contributed by atoms with van der Waals surface area (Å²) in [4.78, 5) is 4.25. The summed E-state index contributed by atoms with van der Waals surface area (Å²) >= 11 is 1.45. The molecular formula is C10H10N2OS. The fourth-order valence-electron chi connectivity index (χ4n) is 1.21. The van der Waals surface area contributed by atoms with Gasteiger partial charge in [0, 0.05) is 16.6 Å². The van der Waals surface area contributed by atoms with Gasteiger partial charge in [-0.1, -0.05) is 12.1 Å². The lowest BCUT2D eigenvalue weighted by atomic mass is 10.1. The molecule has 0 aliphatic rings. The molecule has 1 aromatic carbocycles. The molecule has 14 heavy (non-hydrogen) atoms. The Kier molecular flexibility index (Phi) is 2.47. The highest BCUT2D eigenvalue weighted by Crippen LogP contribution is 2.23. The zero-order chi connectivity index (χ0) is 9.97. The van der Waals surface area contributed by atoms with Crippen LogP contribution in [0.4, 0.5) is 5.69 Å². The van der Waals surface area contributed by atoms with Crippen molar-refractivity contribution < 1.29 is 5.11 Å². The van der Waals surface area contributed by atoms with E-state index in [4.69, 9.17) is 10.8 Å². The number of hydrogen-bond donors (Lipinski definition) is 2. The number of anilines is 1. The number of benzene rings is 1. The van der Waals surface area contributed by atoms with Gasteiger partial charge >= 0.3 is 0 Å². The highest BCUT2D eigenvalue weighted by atomic mass is 32.1. The van der Waals surface area contributed by atoms with E-state index < -0.39 is 0 Å². The van der Waals surface area contributed by atoms with Gasteiger partial charge in [-0.25, -0.2) is 4.98 Å². The molecule has 0 fully saturated rings. The van der Waals surface area contributed by atoms with Gasteiger partial charge in [0.15, 0.2) is 0 Å². The number of aliphatic hydroxyl groups excluding tert-OH is 1. The van der Waals surface area contributed by atoms with Gasteiger partial charge in [-0.3, -0.25) is 0 Å². The van der Waals surface area contributed by atoms with E-state index in [0.29, 0.717) is 0 Å². The van der Waals surface area contributed by atoms with Crippen molar-refractivity contribution in [1.29, 1.82) is 0 Å². The zero-order valence-corrected chi connectivity index (χ0v) is 8.29. The molecule has 0 saturated carbocycles. The second kappa shape index (κ2) is 3.77. The van der Waals surface area contributed by atoms with Gasteiger partial charge in [0.05, 0.1) is 12.3 Å². The first-order chi connectivity index (χ1) is 6.79. The van der Waals surface area contributed by atoms with Gasteiger partial charge in [-0.05, 0) is 12.1 Å². The van der Waals surface area contributed by atoms with Crippen LogP contribution >= 0.6 is 11.3 Å². The first kappa shape index (κ1) is 9.18. The van der Waals surface area contributed by atoms with Crippen LogP contribution in [0.15, 0.2) is 29.6 Å². The Labute approximate surface area is 85.8 Å². The molecule has 1 aromatic heterocycles. The third-order valence-corrected chi connectivity index (χ3v) is 2.70. The largest absolute Gasteiger partial charge is 0.399 e. The Morgan fingerprint density at radius 2 is 2.29 bits per heavy atom. The standard InChI is InChI=1S/C10H10N2OS/c11-8-3-1-2-7(4-8)9-6-14-10(5-13)12-9/h1-4,6,13H,5,11H2. The van der Waals surface area contributed by atoms with Crippen molar-refractivity contribution in [3.05, 3.63) is 34.7 Å². The van der Waals surface area contributed by atoms with Crippen molar-refractivity contribution in [3.63, 3.8) is 0 Å². The zero-order valence-electron chi connectivity index (χ0n) is 7.47. The Morgan fingerprint density at radius 3 is 2.93 bits per heavy atom. The Balaban J connectivity index is 2.39. The van der Waals surface area contributed by atoms with Crippen molar-refractivity contribution in [1.82, 2.24) is 4.98 Å². The lowest BCUT2D eigenvalue weighted by Gasteiger charge is -1.97. The van der Waals surface area contributed by atoms with E-state index in [1.165, 1.54) is 11.3 Å². The van der Waals surface area contributed by atoms with Gasteiger partial charge in [-0.2, -0.15) is 0 Å². The molecule has 0 amide bonds. The van der Waals surface area contributed by atoms with Crippen molar-refractivity contribution in [3.8, 4) is 11.3 Å². The van der Waals surface area contributed by atoms with Crippen LogP contribution in [0.2, 0.25) is 0 Å². The first-order valence-corrected chi connectivity index (χ1v) is 5.09. The van der Waals surface area contributed by atoms with E-state index in [0.717, 1.165) is 22.0 Å². The Bertz CT molecular complexity index is 439. The second-order valence-electron chi connectivity index (χ2n) is 2.91. The van der Waals surface area contributed by atoms with Crippen LogP contribution in [0, 0.1) is 0 Å². The summed E-state index contributed by atoms with van der Waals surface area (Å²) in [6.45, 7) is -0.00696. The van der Waals surface area contributed by atoms with Gasteiger partial charge in [0.2, 0.25) is 0 Å². The summed E-state index contributed by atoms with van der Waals surface area (Å²) in [6, 6.07) is 7.55. The molecule has 72 valence electrons. The molecule has 1 heterocycles. The highest BCUT2D eigenvalue weighted by molar-refractivity contribution is 7.09. The lowest BCUT2D eigenvalue weighted by Crippen LogP contribution is -1.86. The number of nitrogens with two attached hydrogens (primary N) is 1. The normalized spacial score (nSPS) is 10.4. The van der Waals surface area contributed by atoms with Crippen LogP contribution in [0.3, 0.4) is 0 Å². The Hall–Kier alpha value is -1.39. The summed E-state index contributed by atoms with van der Waals surface area (Å²) in [5, 5.41) is 11.5. The van der Waals surface area contributed by atoms with Crippen LogP contribution in [-0.2, 0) is 6.61 Å². The number of aromatic nitrogens is 1. The molecule has 2 aromatic rings. The minimum Gasteiger partial charge on any atom is -0.399 e. The maximum absolute atomic E-state index is 8.88. The molecule has 0 aliphatic heterocycles. The average Bonchev–Trinajstić information content (AvgIpc) is 2.66. The molecule has 4 heteroatoms. The summed E-state index contributed by atoms with van der Waals surface area (Å²) in [7, 11) is 0. The van der Waals surface area contributed by atoms with Crippen LogP contribution in [0.1, 0.15) is 5.01 Å². The molecule has 0 unspecified atom stereocenters. The molecule has 0 saturated heterocycles. The molecule has 0 spiro atoms. The van der Waals surface area contributed by atoms with Gasteiger partial charge in [0.25, 0.3) is 0 Å². The summed E-state index contributed by atoms with van der Waals surface area (Å²) in [5.74, 6) is 0. The SMILES string of the molecule is Nc1cccc(-c2csc(CO)n2)c1. The minimum atomic E-state index is -0.00696. The predicted molar refractivity (Wildman–Crippen MR) is 57.9 cm³/mol. The fourth-order valence-corrected chi connectivity index (χ4v) is 1.88. The number of hydrogen-bond acceptors (Lipinski definition) is 4. The Morgan fingerprint density at radius 1 is 1.43 bits per heavy atom. The second-order valence-corrected chi connectivity index (χ2v) is 3.85. The number of nitrogen functional groups attached to an aromatic ring is 1. The minimum absolute atomic E-state index is 0.00696. The molecule has 2 rings (SSSR count). The van der Waals surface area contributed by atoms with Crippen molar-refractivity contribution >= 4 is 17.0 Å². The third-order valence-electron chi connectivity index (χ3n) is 1.87. The number of rotatable bonds is 2. The topological polar surface area (TPSA) is 59.1 Å². The smallest absolute Gasteiger partial charge is 0.119 e. The van der Waals surface area contributed by atoms with E-state index in [1.54, 1.807) is 0 Å². The summed E-state index contributed by atoms with van der Waals surface area (Å²) in [6.07, 6.45) is 0. The van der Waals surface area contributed by atoms with Crippen LogP contribution in [0.5, 0.6) is 0 Å². The van der Waals surface area contributed by atoms with Crippen molar-refractivity contribution in [2.45, 2.75) is 6.61 Å². The summed E-state index contributed by atoms with van der Waals surface area (Å²) < 4.78 is 0. The number of aliphatic hydroxyl groups is 1. The lowest BCUT2D eigenvalue weighted by molar-refractivity contribution is 0.281. The fraction of sp³-hybridized carbons (Fsp3) is 0.100. The number of nitrogens with zero attached hydrogens (tertiary/aromatic N) is 1. The van der Waals surface area contributed by atoms with E-state index in [-0.39, 0.29) is 6.61 Å². The van der Waals surface area contributed by atoms with Crippen molar-refractivity contribution in [2.24, 2.45) is 0 Å². The van der Waals surface area contributed by atoms with Crippen LogP contribution in [-0.4, -0.2) is 10.1 Å². The number of thiazole rings is 1. The average molecular weight is 206 g/mol. The molecule has 0 aliphatic carbocycles. The molecular weight excluding hydrogens is 196 g/mol. The quantitative estimate of drug-likeness (QED) is 0.738. The molecule has 0 radical (unpaired) electrons. The van der Waals surface area contributed by atoms with Gasteiger partial charge in [-0.15, -0.1) is 11.3 Å². The first-order valence-electron chi connectivity index (χ1n) is 4.21. The molecule has 0 atom stereocenters. The van der Waals surface area contributed by atoms with Crippen LogP contribution < -0.4 is 5.73 Å². The monoisotopic (exact) mass is 206 g/mol.